The average molecular weight is 295 g/mol. The molecule has 0 atom stereocenters. The van der Waals surface area contributed by atoms with Gasteiger partial charge in [0.05, 0.1) is 6.07 Å². The monoisotopic (exact) mass is 294 g/mol. The average Bonchev–Trinajstić information content (AvgIpc) is 2.28. The Balaban J connectivity index is 2.45. The zero-order valence-electron chi connectivity index (χ0n) is 9.79. The third kappa shape index (κ3) is 4.58. The van der Waals surface area contributed by atoms with Crippen LogP contribution in [0.4, 0.5) is 0 Å². The highest BCUT2D eigenvalue weighted by atomic mass is 79.9. The summed E-state index contributed by atoms with van der Waals surface area (Å²) >= 11 is 3.36. The van der Waals surface area contributed by atoms with Crippen molar-refractivity contribution in [2.24, 2.45) is 0 Å². The molecule has 0 bridgehead atoms. The van der Waals surface area contributed by atoms with E-state index in [1.165, 1.54) is 0 Å². The summed E-state index contributed by atoms with van der Waals surface area (Å²) in [5.41, 5.74) is 1.65. The molecular formula is C13H15BrN2O. The maximum atomic E-state index is 11.8. The number of aryl methyl sites for hydroxylation is 1. The van der Waals surface area contributed by atoms with Crippen molar-refractivity contribution in [3.05, 3.63) is 33.8 Å². The standard InChI is InChI=1S/C13H15BrN2O/c1-10-9-11(14)5-6-12(10)13(17)16-8-4-2-3-7-15/h5-6,9H,2-4,8H2,1H3,(H,16,17). The van der Waals surface area contributed by atoms with Crippen molar-refractivity contribution in [1.29, 1.82) is 5.26 Å². The molecule has 0 aromatic heterocycles. The molecule has 90 valence electrons. The van der Waals surface area contributed by atoms with E-state index in [2.05, 4.69) is 27.3 Å². The predicted octanol–water partition coefficient (Wildman–Crippen LogP) is 3.18. The number of nitrogens with zero attached hydrogens (tertiary/aromatic N) is 1. The fourth-order valence-electron chi connectivity index (χ4n) is 1.51. The SMILES string of the molecule is Cc1cc(Br)ccc1C(=O)NCCCCC#N. The smallest absolute Gasteiger partial charge is 0.251 e. The van der Waals surface area contributed by atoms with Gasteiger partial charge in [-0.3, -0.25) is 4.79 Å². The molecular weight excluding hydrogens is 280 g/mol. The molecule has 0 aliphatic rings. The van der Waals surface area contributed by atoms with E-state index >= 15 is 0 Å². The van der Waals surface area contributed by atoms with E-state index in [1.54, 1.807) is 0 Å². The first-order valence-corrected chi connectivity index (χ1v) is 6.35. The summed E-state index contributed by atoms with van der Waals surface area (Å²) in [6.45, 7) is 2.53. The van der Waals surface area contributed by atoms with Crippen LogP contribution in [0.1, 0.15) is 35.2 Å². The second kappa shape index (κ2) is 7.08. The quantitative estimate of drug-likeness (QED) is 0.848. The van der Waals surface area contributed by atoms with Crippen LogP contribution in [0.15, 0.2) is 22.7 Å². The number of unbranched alkanes of at least 4 members (excludes halogenated alkanes) is 2. The van der Waals surface area contributed by atoms with Gasteiger partial charge in [-0.15, -0.1) is 0 Å². The highest BCUT2D eigenvalue weighted by Crippen LogP contribution is 2.15. The first kappa shape index (κ1) is 13.7. The summed E-state index contributed by atoms with van der Waals surface area (Å²) in [5, 5.41) is 11.2. The van der Waals surface area contributed by atoms with E-state index in [4.69, 9.17) is 5.26 Å². The minimum Gasteiger partial charge on any atom is -0.352 e. The summed E-state index contributed by atoms with van der Waals surface area (Å²) < 4.78 is 0.973. The van der Waals surface area contributed by atoms with Crippen molar-refractivity contribution >= 4 is 21.8 Å². The van der Waals surface area contributed by atoms with Gasteiger partial charge in [-0.1, -0.05) is 15.9 Å². The van der Waals surface area contributed by atoms with Crippen LogP contribution < -0.4 is 5.32 Å². The zero-order valence-corrected chi connectivity index (χ0v) is 11.4. The van der Waals surface area contributed by atoms with E-state index in [9.17, 15) is 4.79 Å². The predicted molar refractivity (Wildman–Crippen MR) is 70.7 cm³/mol. The fraction of sp³-hybridized carbons (Fsp3) is 0.385. The van der Waals surface area contributed by atoms with Gasteiger partial charge < -0.3 is 5.32 Å². The minimum absolute atomic E-state index is 0.0491. The number of hydrogen-bond donors (Lipinski definition) is 1. The number of carbonyl (C=O) groups is 1. The molecule has 0 aliphatic heterocycles. The van der Waals surface area contributed by atoms with E-state index in [0.717, 1.165) is 22.9 Å². The number of benzene rings is 1. The first-order valence-electron chi connectivity index (χ1n) is 5.56. The highest BCUT2D eigenvalue weighted by molar-refractivity contribution is 9.10. The van der Waals surface area contributed by atoms with Crippen LogP contribution in [0.5, 0.6) is 0 Å². The minimum atomic E-state index is -0.0491. The van der Waals surface area contributed by atoms with Crippen LogP contribution in [-0.4, -0.2) is 12.5 Å². The Morgan fingerprint density at radius 2 is 2.24 bits per heavy atom. The molecule has 1 N–H and O–H groups in total. The van der Waals surface area contributed by atoms with Crippen molar-refractivity contribution in [2.45, 2.75) is 26.2 Å². The maximum absolute atomic E-state index is 11.8. The van der Waals surface area contributed by atoms with Crippen LogP contribution in [0, 0.1) is 18.3 Å². The number of nitriles is 1. The Bertz CT molecular complexity index is 438. The van der Waals surface area contributed by atoms with E-state index in [0.29, 0.717) is 18.5 Å². The van der Waals surface area contributed by atoms with Crippen LogP contribution in [0.25, 0.3) is 0 Å². The number of carbonyl (C=O) groups excluding carboxylic acids is 1. The molecule has 0 spiro atoms. The molecule has 0 unspecified atom stereocenters. The Kier molecular flexibility index (Phi) is 5.71. The molecule has 1 amide bonds. The van der Waals surface area contributed by atoms with Crippen molar-refractivity contribution in [1.82, 2.24) is 5.32 Å². The van der Waals surface area contributed by atoms with Crippen molar-refractivity contribution in [2.75, 3.05) is 6.54 Å². The molecule has 1 rings (SSSR count). The summed E-state index contributed by atoms with van der Waals surface area (Å²) in [7, 11) is 0. The second-order valence-electron chi connectivity index (χ2n) is 3.83. The molecule has 0 aliphatic carbocycles. The number of hydrogen-bond acceptors (Lipinski definition) is 2. The van der Waals surface area contributed by atoms with Gasteiger partial charge in [0, 0.05) is 23.0 Å². The maximum Gasteiger partial charge on any atom is 0.251 e. The second-order valence-corrected chi connectivity index (χ2v) is 4.75. The van der Waals surface area contributed by atoms with Crippen LogP contribution in [0.3, 0.4) is 0 Å². The van der Waals surface area contributed by atoms with E-state index in [1.807, 2.05) is 25.1 Å². The number of rotatable bonds is 5. The van der Waals surface area contributed by atoms with E-state index < -0.39 is 0 Å². The van der Waals surface area contributed by atoms with Gasteiger partial charge in [-0.25, -0.2) is 0 Å². The molecule has 3 nitrogen and oxygen atoms in total. The third-order valence-electron chi connectivity index (χ3n) is 2.43. The Labute approximate surface area is 110 Å². The third-order valence-corrected chi connectivity index (χ3v) is 2.93. The van der Waals surface area contributed by atoms with Crippen molar-refractivity contribution in [3.8, 4) is 6.07 Å². The zero-order chi connectivity index (χ0) is 12.7. The Hall–Kier alpha value is -1.34. The van der Waals surface area contributed by atoms with Crippen LogP contribution in [-0.2, 0) is 0 Å². The van der Waals surface area contributed by atoms with Crippen LogP contribution in [0.2, 0.25) is 0 Å². The molecule has 1 aromatic carbocycles. The van der Waals surface area contributed by atoms with Gasteiger partial charge in [0.1, 0.15) is 0 Å². The van der Waals surface area contributed by atoms with E-state index in [-0.39, 0.29) is 5.91 Å². The number of amides is 1. The lowest BCUT2D eigenvalue weighted by Crippen LogP contribution is -2.25. The lowest BCUT2D eigenvalue weighted by molar-refractivity contribution is 0.0952. The van der Waals surface area contributed by atoms with Crippen molar-refractivity contribution < 1.29 is 4.79 Å². The molecule has 4 heteroatoms. The van der Waals surface area contributed by atoms with Gasteiger partial charge in [0.25, 0.3) is 5.91 Å². The molecule has 17 heavy (non-hydrogen) atoms. The summed E-state index contributed by atoms with van der Waals surface area (Å²) in [4.78, 5) is 11.8. The number of nitrogens with one attached hydrogen (secondary N) is 1. The molecule has 0 fully saturated rings. The highest BCUT2D eigenvalue weighted by Gasteiger charge is 2.07. The number of halogens is 1. The normalized spacial score (nSPS) is 9.71. The lowest BCUT2D eigenvalue weighted by atomic mass is 10.1. The van der Waals surface area contributed by atoms with Gasteiger partial charge in [0.2, 0.25) is 0 Å². The largest absolute Gasteiger partial charge is 0.352 e. The summed E-state index contributed by atoms with van der Waals surface area (Å²) in [6.07, 6.45) is 2.22. The van der Waals surface area contributed by atoms with Gasteiger partial charge in [-0.05, 0) is 43.5 Å². The molecule has 0 heterocycles. The molecule has 1 aromatic rings. The lowest BCUT2D eigenvalue weighted by Gasteiger charge is -2.07. The Morgan fingerprint density at radius 1 is 1.47 bits per heavy atom. The molecule has 0 radical (unpaired) electrons. The Morgan fingerprint density at radius 3 is 2.88 bits per heavy atom. The van der Waals surface area contributed by atoms with Gasteiger partial charge in [0.15, 0.2) is 0 Å². The topological polar surface area (TPSA) is 52.9 Å². The molecule has 0 saturated carbocycles. The van der Waals surface area contributed by atoms with Crippen molar-refractivity contribution in [3.63, 3.8) is 0 Å². The van der Waals surface area contributed by atoms with Gasteiger partial charge in [-0.2, -0.15) is 5.26 Å². The summed E-state index contributed by atoms with van der Waals surface area (Å²) in [6, 6.07) is 7.67. The fourth-order valence-corrected chi connectivity index (χ4v) is 1.98. The van der Waals surface area contributed by atoms with Crippen LogP contribution >= 0.6 is 15.9 Å². The van der Waals surface area contributed by atoms with Gasteiger partial charge >= 0.3 is 0 Å². The molecule has 0 saturated heterocycles. The summed E-state index contributed by atoms with van der Waals surface area (Å²) in [5.74, 6) is -0.0491. The first-order chi connectivity index (χ1) is 8.15.